The van der Waals surface area contributed by atoms with Gasteiger partial charge in [0.25, 0.3) is 11.8 Å². The van der Waals surface area contributed by atoms with Crippen LogP contribution in [-0.2, 0) is 4.79 Å². The molecule has 134 valence electrons. The number of carbonyl (C=O) groups excluding carboxylic acids is 2. The van der Waals surface area contributed by atoms with Crippen molar-refractivity contribution in [3.8, 4) is 0 Å². The van der Waals surface area contributed by atoms with Crippen molar-refractivity contribution in [2.24, 2.45) is 11.7 Å². The van der Waals surface area contributed by atoms with E-state index in [9.17, 15) is 27.2 Å². The largest absolute Gasteiger partial charge is 0.348 e. The normalized spacial score (nSPS) is 12.8. The molecule has 1 aromatic rings. The van der Waals surface area contributed by atoms with Gasteiger partial charge >= 0.3 is 0 Å². The Kier molecular flexibility index (Phi) is 6.70. The average molecular weight is 349 g/mol. The van der Waals surface area contributed by atoms with Crippen molar-refractivity contribution in [3.05, 3.63) is 35.4 Å². The molecule has 0 saturated carbocycles. The molecule has 1 atom stereocenters. The lowest BCUT2D eigenvalue weighted by Crippen LogP contribution is -2.52. The van der Waals surface area contributed by atoms with Gasteiger partial charge in [0.05, 0.1) is 13.1 Å². The Hall–Kier alpha value is -2.16. The zero-order chi connectivity index (χ0) is 18.5. The maximum Gasteiger partial charge on any atom is 0.277 e. The second-order valence-electron chi connectivity index (χ2n) is 5.57. The molecule has 4 N–H and O–H groups in total. The predicted octanol–water partition coefficient (Wildman–Crippen LogP) is 1.43. The first-order valence-corrected chi connectivity index (χ1v) is 7.19. The van der Waals surface area contributed by atoms with Crippen molar-refractivity contribution in [2.75, 3.05) is 13.1 Å². The number of hydrogen-bond donors (Lipinski definition) is 3. The van der Waals surface area contributed by atoms with Crippen molar-refractivity contribution in [3.63, 3.8) is 0 Å². The van der Waals surface area contributed by atoms with Crippen molar-refractivity contribution in [1.29, 1.82) is 0 Å². The van der Waals surface area contributed by atoms with Gasteiger partial charge in [0.2, 0.25) is 5.91 Å². The maximum atomic E-state index is 13.6. The summed E-state index contributed by atoms with van der Waals surface area (Å²) in [6.45, 7) is 1.13. The molecule has 0 spiro atoms. The predicted molar refractivity (Wildman–Crippen MR) is 79.5 cm³/mol. The topological polar surface area (TPSA) is 84.2 Å². The number of carbonyl (C=O) groups is 2. The van der Waals surface area contributed by atoms with Crippen LogP contribution in [0.2, 0.25) is 0 Å². The highest BCUT2D eigenvalue weighted by Crippen LogP contribution is 2.14. The molecule has 0 radical (unpaired) electrons. The van der Waals surface area contributed by atoms with Crippen LogP contribution in [0.5, 0.6) is 0 Å². The van der Waals surface area contributed by atoms with E-state index >= 15 is 0 Å². The summed E-state index contributed by atoms with van der Waals surface area (Å²) in [6.07, 6.45) is 0. The van der Waals surface area contributed by atoms with Crippen LogP contribution in [-0.4, -0.2) is 36.9 Å². The lowest BCUT2D eigenvalue weighted by molar-refractivity contribution is -0.125. The van der Waals surface area contributed by atoms with E-state index in [1.54, 1.807) is 13.8 Å². The smallest absolute Gasteiger partial charge is 0.277 e. The summed E-state index contributed by atoms with van der Waals surface area (Å²) < 4.78 is 53.3. The minimum absolute atomic E-state index is 0.504. The molecule has 9 heteroatoms. The summed E-state index contributed by atoms with van der Waals surface area (Å²) in [5.41, 5.74) is 4.02. The lowest BCUT2D eigenvalue weighted by Gasteiger charge is -2.23. The Bertz CT molecular complexity index is 588. The summed E-state index contributed by atoms with van der Waals surface area (Å²) in [7, 11) is 0. The molecule has 0 saturated heterocycles. The molecular formula is C15H19F4N3O2. The Morgan fingerprint density at radius 2 is 1.75 bits per heavy atom. The Balaban J connectivity index is 2.86. The third-order valence-corrected chi connectivity index (χ3v) is 3.25. The number of benzene rings is 1. The van der Waals surface area contributed by atoms with Gasteiger partial charge in [-0.15, -0.1) is 0 Å². The van der Waals surface area contributed by atoms with Crippen molar-refractivity contribution in [1.82, 2.24) is 10.6 Å². The van der Waals surface area contributed by atoms with Gasteiger partial charge in [0, 0.05) is 0 Å². The van der Waals surface area contributed by atoms with Gasteiger partial charge in [0.1, 0.15) is 23.2 Å². The van der Waals surface area contributed by atoms with E-state index in [1.165, 1.54) is 0 Å². The molecule has 0 aliphatic heterocycles. The fraction of sp³-hybridized carbons (Fsp3) is 0.467. The zero-order valence-electron chi connectivity index (χ0n) is 13.2. The van der Waals surface area contributed by atoms with Gasteiger partial charge in [-0.1, -0.05) is 19.9 Å². The van der Waals surface area contributed by atoms with Gasteiger partial charge in [0.15, 0.2) is 0 Å². The number of alkyl halides is 2. The fourth-order valence-electron chi connectivity index (χ4n) is 1.86. The summed E-state index contributed by atoms with van der Waals surface area (Å²) in [4.78, 5) is 24.0. The fourth-order valence-corrected chi connectivity index (χ4v) is 1.86. The summed E-state index contributed by atoms with van der Waals surface area (Å²) in [5.74, 6) is -8.03. The molecule has 1 aromatic carbocycles. The standard InChI is InChI=1S/C15H19F4N3O2/c1-8(2)12(14(24)21-7-15(18,19)6-20)22-13(23)11-9(16)4-3-5-10(11)17/h3-5,8,12H,6-7,20H2,1-2H3,(H,21,24)(H,22,23). The third kappa shape index (κ3) is 5.19. The Morgan fingerprint density at radius 1 is 1.21 bits per heavy atom. The van der Waals surface area contributed by atoms with Crippen LogP contribution in [0.25, 0.3) is 0 Å². The van der Waals surface area contributed by atoms with E-state index in [4.69, 9.17) is 5.73 Å². The molecule has 0 bridgehead atoms. The zero-order valence-corrected chi connectivity index (χ0v) is 13.2. The van der Waals surface area contributed by atoms with E-state index in [0.29, 0.717) is 0 Å². The number of nitrogens with one attached hydrogen (secondary N) is 2. The highest BCUT2D eigenvalue weighted by molar-refractivity contribution is 5.98. The summed E-state index contributed by atoms with van der Waals surface area (Å²) >= 11 is 0. The van der Waals surface area contributed by atoms with Crippen LogP contribution < -0.4 is 16.4 Å². The Labute approximate surface area is 136 Å². The molecule has 1 unspecified atom stereocenters. The summed E-state index contributed by atoms with van der Waals surface area (Å²) in [5, 5.41) is 4.13. The van der Waals surface area contributed by atoms with Gasteiger partial charge in [-0.3, -0.25) is 9.59 Å². The molecule has 1 rings (SSSR count). The minimum Gasteiger partial charge on any atom is -0.348 e. The third-order valence-electron chi connectivity index (χ3n) is 3.25. The number of nitrogens with two attached hydrogens (primary N) is 1. The quantitative estimate of drug-likeness (QED) is 0.651. The molecule has 0 aliphatic carbocycles. The van der Waals surface area contributed by atoms with E-state index in [1.807, 2.05) is 5.32 Å². The minimum atomic E-state index is -3.29. The second-order valence-corrected chi connectivity index (χ2v) is 5.57. The van der Waals surface area contributed by atoms with Gasteiger partial charge in [-0.25, -0.2) is 17.6 Å². The first-order chi connectivity index (χ1) is 11.1. The monoisotopic (exact) mass is 349 g/mol. The van der Waals surface area contributed by atoms with E-state index in [2.05, 4.69) is 5.32 Å². The Morgan fingerprint density at radius 3 is 2.21 bits per heavy atom. The van der Waals surface area contributed by atoms with Crippen molar-refractivity contribution < 1.29 is 27.2 Å². The first kappa shape index (κ1) is 19.9. The second kappa shape index (κ2) is 8.09. The molecule has 2 amide bonds. The average Bonchev–Trinajstić information content (AvgIpc) is 2.50. The van der Waals surface area contributed by atoms with Crippen molar-refractivity contribution >= 4 is 11.8 Å². The highest BCUT2D eigenvalue weighted by atomic mass is 19.3. The molecular weight excluding hydrogens is 330 g/mol. The van der Waals surface area contributed by atoms with Crippen molar-refractivity contribution in [2.45, 2.75) is 25.8 Å². The number of amides is 2. The SMILES string of the molecule is CC(C)C(NC(=O)c1c(F)cccc1F)C(=O)NCC(F)(F)CN. The van der Waals surface area contributed by atoms with Gasteiger partial charge < -0.3 is 16.4 Å². The van der Waals surface area contributed by atoms with E-state index in [-0.39, 0.29) is 0 Å². The van der Waals surface area contributed by atoms with E-state index < -0.39 is 60.0 Å². The van der Waals surface area contributed by atoms with Crippen LogP contribution >= 0.6 is 0 Å². The van der Waals surface area contributed by atoms with Gasteiger partial charge in [-0.2, -0.15) is 0 Å². The number of halogens is 4. The first-order valence-electron chi connectivity index (χ1n) is 7.19. The molecule has 0 aromatic heterocycles. The highest BCUT2D eigenvalue weighted by Gasteiger charge is 2.31. The molecule has 24 heavy (non-hydrogen) atoms. The van der Waals surface area contributed by atoms with Crippen LogP contribution in [0.1, 0.15) is 24.2 Å². The molecule has 0 heterocycles. The molecule has 0 aliphatic rings. The van der Waals surface area contributed by atoms with Crippen LogP contribution in [0.4, 0.5) is 17.6 Å². The number of rotatable bonds is 7. The molecule has 0 fully saturated rings. The summed E-state index contributed by atoms with van der Waals surface area (Å²) in [6, 6.07) is 1.63. The lowest BCUT2D eigenvalue weighted by atomic mass is 10.0. The van der Waals surface area contributed by atoms with Crippen LogP contribution in [0, 0.1) is 17.6 Å². The maximum absolute atomic E-state index is 13.6. The van der Waals surface area contributed by atoms with Gasteiger partial charge in [-0.05, 0) is 18.1 Å². The van der Waals surface area contributed by atoms with Crippen LogP contribution in [0.3, 0.4) is 0 Å². The molecule has 5 nitrogen and oxygen atoms in total. The van der Waals surface area contributed by atoms with E-state index in [0.717, 1.165) is 18.2 Å². The number of hydrogen-bond acceptors (Lipinski definition) is 3. The van der Waals surface area contributed by atoms with Crippen LogP contribution in [0.15, 0.2) is 18.2 Å².